The van der Waals surface area contributed by atoms with Crippen LogP contribution in [0.1, 0.15) is 23.5 Å². The number of hydrogen-bond acceptors (Lipinski definition) is 4. The van der Waals surface area contributed by atoms with E-state index in [1.54, 1.807) is 18.3 Å². The molecule has 1 saturated carbocycles. The summed E-state index contributed by atoms with van der Waals surface area (Å²) >= 11 is 0. The minimum atomic E-state index is -0.990. The zero-order valence-corrected chi connectivity index (χ0v) is 11.7. The van der Waals surface area contributed by atoms with Crippen LogP contribution in [-0.2, 0) is 0 Å². The first-order valence-corrected chi connectivity index (χ1v) is 6.88. The Bertz CT molecular complexity index is 737. The van der Waals surface area contributed by atoms with E-state index in [1.165, 1.54) is 0 Å². The smallest absolute Gasteiger partial charge is 0.404 e. The first-order valence-electron chi connectivity index (χ1n) is 6.88. The Kier molecular flexibility index (Phi) is 3.62. The highest BCUT2D eigenvalue weighted by atomic mass is 16.4. The van der Waals surface area contributed by atoms with Gasteiger partial charge in [0.15, 0.2) is 0 Å². The Labute approximate surface area is 127 Å². The van der Waals surface area contributed by atoms with Crippen LogP contribution in [-0.4, -0.2) is 22.2 Å². The van der Waals surface area contributed by atoms with Crippen molar-refractivity contribution in [1.29, 1.82) is 5.26 Å². The summed E-state index contributed by atoms with van der Waals surface area (Å²) in [6.45, 7) is 0. The van der Waals surface area contributed by atoms with Crippen molar-refractivity contribution in [1.82, 2.24) is 10.3 Å². The zero-order chi connectivity index (χ0) is 15.5. The topological polar surface area (TPSA) is 98.0 Å². The van der Waals surface area contributed by atoms with Crippen LogP contribution in [0.5, 0.6) is 0 Å². The van der Waals surface area contributed by atoms with E-state index < -0.39 is 6.09 Å². The van der Waals surface area contributed by atoms with Gasteiger partial charge in [0.2, 0.25) is 0 Å². The van der Waals surface area contributed by atoms with Gasteiger partial charge in [-0.25, -0.2) is 9.78 Å². The third kappa shape index (κ3) is 3.15. The molecule has 0 radical (unpaired) electrons. The van der Waals surface area contributed by atoms with Crippen LogP contribution in [0.15, 0.2) is 42.6 Å². The molecule has 1 amide bonds. The molecule has 1 aromatic carbocycles. The second-order valence-electron chi connectivity index (χ2n) is 5.19. The summed E-state index contributed by atoms with van der Waals surface area (Å²) in [5, 5.41) is 23.2. The number of hydrogen-bond donors (Lipinski definition) is 3. The average Bonchev–Trinajstić information content (AvgIpc) is 3.26. The number of rotatable bonds is 4. The van der Waals surface area contributed by atoms with E-state index in [2.05, 4.69) is 21.7 Å². The van der Waals surface area contributed by atoms with Crippen molar-refractivity contribution in [2.45, 2.75) is 18.4 Å². The number of nitrogens with zero attached hydrogens (tertiary/aromatic N) is 2. The van der Waals surface area contributed by atoms with Crippen molar-refractivity contribution in [2.75, 3.05) is 5.32 Å². The van der Waals surface area contributed by atoms with Gasteiger partial charge in [-0.1, -0.05) is 12.1 Å². The van der Waals surface area contributed by atoms with Crippen LogP contribution in [0.25, 0.3) is 0 Å². The fourth-order valence-corrected chi connectivity index (χ4v) is 2.39. The maximum Gasteiger partial charge on any atom is 0.404 e. The Morgan fingerprint density at radius 3 is 2.91 bits per heavy atom. The van der Waals surface area contributed by atoms with E-state index in [-0.39, 0.29) is 12.0 Å². The molecule has 3 rings (SSSR count). The van der Waals surface area contributed by atoms with Crippen molar-refractivity contribution in [3.8, 4) is 6.07 Å². The molecule has 0 saturated heterocycles. The third-order valence-corrected chi connectivity index (χ3v) is 3.58. The molecule has 2 atom stereocenters. The number of benzene rings is 1. The number of nitrogens with one attached hydrogen (secondary N) is 2. The molecule has 6 nitrogen and oxygen atoms in total. The van der Waals surface area contributed by atoms with Gasteiger partial charge in [0.25, 0.3) is 0 Å². The van der Waals surface area contributed by atoms with Crippen molar-refractivity contribution >= 4 is 17.6 Å². The van der Waals surface area contributed by atoms with Crippen LogP contribution in [0.2, 0.25) is 0 Å². The predicted molar refractivity (Wildman–Crippen MR) is 81.0 cm³/mol. The van der Waals surface area contributed by atoms with E-state index >= 15 is 0 Å². The lowest BCUT2D eigenvalue weighted by Crippen LogP contribution is -2.24. The minimum Gasteiger partial charge on any atom is -0.465 e. The average molecular weight is 294 g/mol. The molecule has 1 aromatic heterocycles. The lowest BCUT2D eigenvalue weighted by Gasteiger charge is -2.07. The number of carbonyl (C=O) groups is 1. The normalized spacial score (nSPS) is 19.0. The summed E-state index contributed by atoms with van der Waals surface area (Å²) in [7, 11) is 0. The maximum atomic E-state index is 10.6. The molecule has 1 heterocycles. The molecule has 3 N–H and O–H groups in total. The molecule has 1 aliphatic rings. The lowest BCUT2D eigenvalue weighted by atomic mass is 10.2. The van der Waals surface area contributed by atoms with Gasteiger partial charge in [-0.15, -0.1) is 0 Å². The molecular weight excluding hydrogens is 280 g/mol. The fourth-order valence-electron chi connectivity index (χ4n) is 2.39. The van der Waals surface area contributed by atoms with Crippen molar-refractivity contribution in [2.24, 2.45) is 0 Å². The highest BCUT2D eigenvalue weighted by molar-refractivity contribution is 5.66. The molecule has 1 fully saturated rings. The summed E-state index contributed by atoms with van der Waals surface area (Å²) in [6, 6.07) is 13.0. The van der Waals surface area contributed by atoms with Gasteiger partial charge < -0.3 is 15.7 Å². The third-order valence-electron chi connectivity index (χ3n) is 3.58. The van der Waals surface area contributed by atoms with E-state index in [0.29, 0.717) is 11.4 Å². The Balaban J connectivity index is 1.65. The number of amides is 1. The summed E-state index contributed by atoms with van der Waals surface area (Å²) in [5.74, 6) is 0.891. The highest BCUT2D eigenvalue weighted by Gasteiger charge is 2.39. The SMILES string of the molecule is N#Cc1cccc(Nc2ccc([C@@H]3C[C@H]3NC(=O)O)cn2)c1. The summed E-state index contributed by atoms with van der Waals surface area (Å²) < 4.78 is 0. The molecule has 0 unspecified atom stereocenters. The van der Waals surface area contributed by atoms with Crippen LogP contribution in [0, 0.1) is 11.3 Å². The van der Waals surface area contributed by atoms with Crippen LogP contribution < -0.4 is 10.6 Å². The van der Waals surface area contributed by atoms with Gasteiger partial charge in [0, 0.05) is 23.8 Å². The Morgan fingerprint density at radius 1 is 1.36 bits per heavy atom. The minimum absolute atomic E-state index is 0.00887. The Hall–Kier alpha value is -3.07. The van der Waals surface area contributed by atoms with Crippen molar-refractivity contribution in [3.63, 3.8) is 0 Å². The summed E-state index contributed by atoms with van der Waals surface area (Å²) in [6.07, 6.45) is 1.58. The number of aromatic nitrogens is 1. The standard InChI is InChI=1S/C16H14N4O2/c17-8-10-2-1-3-12(6-10)19-15-5-4-11(9-18-15)13-7-14(13)20-16(21)22/h1-6,9,13-14,20H,7H2,(H,18,19)(H,21,22)/t13-,14+/m0/s1. The van der Waals surface area contributed by atoms with Crippen molar-refractivity contribution in [3.05, 3.63) is 53.7 Å². The van der Waals surface area contributed by atoms with E-state index in [9.17, 15) is 4.79 Å². The highest BCUT2D eigenvalue weighted by Crippen LogP contribution is 2.40. The fraction of sp³-hybridized carbons (Fsp3) is 0.188. The molecule has 22 heavy (non-hydrogen) atoms. The lowest BCUT2D eigenvalue weighted by molar-refractivity contribution is 0.193. The quantitative estimate of drug-likeness (QED) is 0.805. The monoisotopic (exact) mass is 294 g/mol. The molecule has 2 aromatic rings. The first kappa shape index (κ1) is 13.9. The molecule has 6 heteroatoms. The van der Waals surface area contributed by atoms with Crippen LogP contribution in [0.3, 0.4) is 0 Å². The van der Waals surface area contributed by atoms with Gasteiger partial charge in [0.1, 0.15) is 5.82 Å². The summed E-state index contributed by atoms with van der Waals surface area (Å²) in [5.41, 5.74) is 2.41. The van der Waals surface area contributed by atoms with Gasteiger partial charge in [0.05, 0.1) is 11.6 Å². The van der Waals surface area contributed by atoms with Crippen molar-refractivity contribution < 1.29 is 9.90 Å². The molecule has 110 valence electrons. The molecule has 0 spiro atoms. The molecule has 0 aliphatic heterocycles. The molecule has 0 bridgehead atoms. The number of nitriles is 1. The summed E-state index contributed by atoms with van der Waals surface area (Å²) in [4.78, 5) is 14.9. The van der Waals surface area contributed by atoms with E-state index in [1.807, 2.05) is 24.3 Å². The number of anilines is 2. The first-order chi connectivity index (χ1) is 10.7. The van der Waals surface area contributed by atoms with Crippen LogP contribution >= 0.6 is 0 Å². The molecular formula is C16H14N4O2. The molecule has 1 aliphatic carbocycles. The van der Waals surface area contributed by atoms with Gasteiger partial charge in [-0.05, 0) is 36.2 Å². The number of pyridine rings is 1. The predicted octanol–water partition coefficient (Wildman–Crippen LogP) is 2.82. The zero-order valence-electron chi connectivity index (χ0n) is 11.7. The number of carboxylic acid groups (broad SMARTS) is 1. The van der Waals surface area contributed by atoms with Gasteiger partial charge in [-0.2, -0.15) is 5.26 Å². The largest absolute Gasteiger partial charge is 0.465 e. The Morgan fingerprint density at radius 2 is 2.23 bits per heavy atom. The van der Waals surface area contributed by atoms with Gasteiger partial charge in [-0.3, -0.25) is 0 Å². The van der Waals surface area contributed by atoms with Gasteiger partial charge >= 0.3 is 6.09 Å². The second kappa shape index (κ2) is 5.74. The van der Waals surface area contributed by atoms with E-state index in [0.717, 1.165) is 17.7 Å². The maximum absolute atomic E-state index is 10.6. The van der Waals surface area contributed by atoms with E-state index in [4.69, 9.17) is 10.4 Å². The second-order valence-corrected chi connectivity index (χ2v) is 5.19. The van der Waals surface area contributed by atoms with Crippen LogP contribution in [0.4, 0.5) is 16.3 Å².